The van der Waals surface area contributed by atoms with E-state index in [1.165, 1.54) is 0 Å². The SMILES string of the molecule is N#Cc1[nH]c2c3c1CCNC(=O)C3CC=C2. The summed E-state index contributed by atoms with van der Waals surface area (Å²) in [4.78, 5) is 14.9. The van der Waals surface area contributed by atoms with Gasteiger partial charge in [-0.1, -0.05) is 6.08 Å². The number of nitrogens with one attached hydrogen (secondary N) is 2. The molecule has 0 bridgehead atoms. The number of nitriles is 1. The van der Waals surface area contributed by atoms with E-state index in [0.29, 0.717) is 12.2 Å². The van der Waals surface area contributed by atoms with Crippen LogP contribution in [0.3, 0.4) is 0 Å². The zero-order chi connectivity index (χ0) is 11.1. The van der Waals surface area contributed by atoms with Gasteiger partial charge in [-0.15, -0.1) is 0 Å². The van der Waals surface area contributed by atoms with Crippen LogP contribution in [-0.2, 0) is 11.2 Å². The van der Waals surface area contributed by atoms with Crippen LogP contribution in [0, 0.1) is 11.3 Å². The van der Waals surface area contributed by atoms with Crippen molar-refractivity contribution in [3.63, 3.8) is 0 Å². The minimum absolute atomic E-state index is 0.0767. The molecule has 2 N–H and O–H groups in total. The van der Waals surface area contributed by atoms with E-state index in [-0.39, 0.29) is 11.8 Å². The van der Waals surface area contributed by atoms with E-state index in [0.717, 1.165) is 29.7 Å². The van der Waals surface area contributed by atoms with Gasteiger partial charge in [-0.05, 0) is 30.0 Å². The molecule has 0 fully saturated rings. The van der Waals surface area contributed by atoms with Crippen molar-refractivity contribution in [2.24, 2.45) is 0 Å². The van der Waals surface area contributed by atoms with Crippen LogP contribution in [0.25, 0.3) is 6.08 Å². The van der Waals surface area contributed by atoms with Gasteiger partial charge < -0.3 is 10.3 Å². The first kappa shape index (κ1) is 9.22. The summed E-state index contributed by atoms with van der Waals surface area (Å²) in [6, 6.07) is 2.17. The second-order valence-electron chi connectivity index (χ2n) is 4.15. The molecule has 16 heavy (non-hydrogen) atoms. The Labute approximate surface area is 93.0 Å². The molecular weight excluding hydrogens is 202 g/mol. The van der Waals surface area contributed by atoms with Crippen LogP contribution in [-0.4, -0.2) is 17.4 Å². The normalized spacial score (nSPS) is 21.9. The molecule has 0 saturated carbocycles. The van der Waals surface area contributed by atoms with Crippen molar-refractivity contribution in [2.45, 2.75) is 18.8 Å². The maximum atomic E-state index is 11.8. The third-order valence-corrected chi connectivity index (χ3v) is 3.28. The van der Waals surface area contributed by atoms with E-state index in [2.05, 4.69) is 16.4 Å². The molecule has 4 heteroatoms. The predicted molar refractivity (Wildman–Crippen MR) is 58.6 cm³/mol. The molecule has 1 aliphatic carbocycles. The average molecular weight is 213 g/mol. The number of amides is 1. The summed E-state index contributed by atoms with van der Waals surface area (Å²) in [6.07, 6.45) is 5.42. The molecule has 80 valence electrons. The van der Waals surface area contributed by atoms with Crippen molar-refractivity contribution in [2.75, 3.05) is 6.54 Å². The van der Waals surface area contributed by atoms with Gasteiger partial charge in [-0.2, -0.15) is 5.26 Å². The van der Waals surface area contributed by atoms with E-state index in [1.807, 2.05) is 12.2 Å². The Kier molecular flexibility index (Phi) is 1.87. The first-order chi connectivity index (χ1) is 7.81. The van der Waals surface area contributed by atoms with E-state index < -0.39 is 0 Å². The highest BCUT2D eigenvalue weighted by atomic mass is 16.1. The minimum atomic E-state index is -0.115. The van der Waals surface area contributed by atoms with Crippen LogP contribution >= 0.6 is 0 Å². The number of nitrogens with zero attached hydrogens (tertiary/aromatic N) is 1. The molecule has 1 aliphatic heterocycles. The maximum Gasteiger partial charge on any atom is 0.227 e. The van der Waals surface area contributed by atoms with Gasteiger partial charge in [0.2, 0.25) is 5.91 Å². The van der Waals surface area contributed by atoms with Gasteiger partial charge in [0.15, 0.2) is 0 Å². The number of carbonyl (C=O) groups excluding carboxylic acids is 1. The van der Waals surface area contributed by atoms with Crippen molar-refractivity contribution in [1.82, 2.24) is 10.3 Å². The third-order valence-electron chi connectivity index (χ3n) is 3.28. The van der Waals surface area contributed by atoms with Gasteiger partial charge in [0, 0.05) is 12.2 Å². The Morgan fingerprint density at radius 3 is 3.19 bits per heavy atom. The van der Waals surface area contributed by atoms with E-state index in [9.17, 15) is 4.79 Å². The molecular formula is C12H11N3O. The molecule has 2 heterocycles. The topological polar surface area (TPSA) is 68.7 Å². The summed E-state index contributed by atoms with van der Waals surface area (Å²) < 4.78 is 0. The van der Waals surface area contributed by atoms with Crippen molar-refractivity contribution < 1.29 is 4.79 Å². The minimum Gasteiger partial charge on any atom is -0.355 e. The maximum absolute atomic E-state index is 11.8. The number of rotatable bonds is 0. The summed E-state index contributed by atoms with van der Waals surface area (Å²) >= 11 is 0. The van der Waals surface area contributed by atoms with Crippen molar-refractivity contribution in [3.8, 4) is 6.07 Å². The zero-order valence-electron chi connectivity index (χ0n) is 8.71. The first-order valence-corrected chi connectivity index (χ1v) is 5.40. The van der Waals surface area contributed by atoms with Crippen LogP contribution in [0.15, 0.2) is 6.08 Å². The lowest BCUT2D eigenvalue weighted by Crippen LogP contribution is -2.28. The summed E-state index contributed by atoms with van der Waals surface area (Å²) in [5.74, 6) is -0.0383. The molecule has 4 nitrogen and oxygen atoms in total. The van der Waals surface area contributed by atoms with Crippen LogP contribution in [0.4, 0.5) is 0 Å². The number of carbonyl (C=O) groups is 1. The lowest BCUT2D eigenvalue weighted by atomic mass is 9.87. The summed E-state index contributed by atoms with van der Waals surface area (Å²) in [6.45, 7) is 0.619. The average Bonchev–Trinajstić information content (AvgIpc) is 2.57. The van der Waals surface area contributed by atoms with Gasteiger partial charge in [0.05, 0.1) is 5.92 Å². The smallest absolute Gasteiger partial charge is 0.227 e. The standard InChI is InChI=1S/C12H11N3O/c13-6-10-7-4-5-14-12(16)8-2-1-3-9(15-10)11(7)8/h1,3,8,15H,2,4-5H2,(H,14,16). The highest BCUT2D eigenvalue weighted by molar-refractivity contribution is 5.87. The van der Waals surface area contributed by atoms with Crippen LogP contribution < -0.4 is 5.32 Å². The Bertz CT molecular complexity index is 533. The molecule has 1 unspecified atom stereocenters. The monoisotopic (exact) mass is 213 g/mol. The van der Waals surface area contributed by atoms with Gasteiger partial charge >= 0.3 is 0 Å². The predicted octanol–water partition coefficient (Wildman–Crippen LogP) is 1.06. The van der Waals surface area contributed by atoms with Gasteiger partial charge in [-0.25, -0.2) is 0 Å². The van der Waals surface area contributed by atoms with Gasteiger partial charge in [0.25, 0.3) is 0 Å². The summed E-state index contributed by atoms with van der Waals surface area (Å²) in [7, 11) is 0. The van der Waals surface area contributed by atoms with Gasteiger partial charge in [-0.3, -0.25) is 4.79 Å². The molecule has 1 amide bonds. The second kappa shape index (κ2) is 3.24. The van der Waals surface area contributed by atoms with E-state index in [1.54, 1.807) is 0 Å². The Morgan fingerprint density at radius 2 is 2.38 bits per heavy atom. The number of allylic oxidation sites excluding steroid dienone is 1. The fourth-order valence-corrected chi connectivity index (χ4v) is 2.57. The van der Waals surface area contributed by atoms with E-state index >= 15 is 0 Å². The highest BCUT2D eigenvalue weighted by Crippen LogP contribution is 2.35. The number of aromatic nitrogens is 1. The highest BCUT2D eigenvalue weighted by Gasteiger charge is 2.31. The second-order valence-corrected chi connectivity index (χ2v) is 4.15. The fourth-order valence-electron chi connectivity index (χ4n) is 2.57. The van der Waals surface area contributed by atoms with Crippen LogP contribution in [0.1, 0.15) is 34.9 Å². The first-order valence-electron chi connectivity index (χ1n) is 5.40. The molecule has 0 radical (unpaired) electrons. The lowest BCUT2D eigenvalue weighted by molar-refractivity contribution is -0.122. The Hall–Kier alpha value is -2.02. The van der Waals surface area contributed by atoms with Crippen LogP contribution in [0.2, 0.25) is 0 Å². The van der Waals surface area contributed by atoms with Crippen LogP contribution in [0.5, 0.6) is 0 Å². The molecule has 1 aromatic heterocycles. The Morgan fingerprint density at radius 1 is 1.50 bits per heavy atom. The van der Waals surface area contributed by atoms with Crippen molar-refractivity contribution in [1.29, 1.82) is 5.26 Å². The summed E-state index contributed by atoms with van der Waals surface area (Å²) in [5.41, 5.74) is 3.59. The number of hydrogen-bond acceptors (Lipinski definition) is 2. The largest absolute Gasteiger partial charge is 0.355 e. The third kappa shape index (κ3) is 1.12. The molecule has 1 atom stereocenters. The summed E-state index contributed by atoms with van der Waals surface area (Å²) in [5, 5.41) is 12.0. The van der Waals surface area contributed by atoms with Gasteiger partial charge in [0.1, 0.15) is 11.8 Å². The molecule has 0 saturated heterocycles. The number of aromatic amines is 1. The lowest BCUT2D eigenvalue weighted by Gasteiger charge is -2.16. The molecule has 2 aliphatic rings. The molecule has 1 aromatic rings. The Balaban J connectivity index is 2.26. The number of hydrogen-bond donors (Lipinski definition) is 2. The molecule has 0 spiro atoms. The zero-order valence-corrected chi connectivity index (χ0v) is 8.71. The number of H-pyrrole nitrogens is 1. The fraction of sp³-hybridized carbons (Fsp3) is 0.333. The van der Waals surface area contributed by atoms with Crippen molar-refractivity contribution >= 4 is 12.0 Å². The van der Waals surface area contributed by atoms with Crippen molar-refractivity contribution in [3.05, 3.63) is 28.6 Å². The molecule has 0 aromatic carbocycles. The van der Waals surface area contributed by atoms with E-state index in [4.69, 9.17) is 5.26 Å². The molecule has 3 rings (SSSR count). The quantitative estimate of drug-likeness (QED) is 0.676.